The highest BCUT2D eigenvalue weighted by Gasteiger charge is 2.08. The van der Waals surface area contributed by atoms with Gasteiger partial charge in [0.15, 0.2) is 0 Å². The van der Waals surface area contributed by atoms with E-state index >= 15 is 0 Å². The van der Waals surface area contributed by atoms with Gasteiger partial charge in [-0.15, -0.1) is 0 Å². The number of carbonyl (C=O) groups excluding carboxylic acids is 1. The van der Waals surface area contributed by atoms with Gasteiger partial charge in [-0.3, -0.25) is 9.48 Å². The number of nitrogens with zero attached hydrogens (tertiary/aromatic N) is 2. The molecule has 5 nitrogen and oxygen atoms in total. The Kier molecular flexibility index (Phi) is 6.43. The van der Waals surface area contributed by atoms with Crippen molar-refractivity contribution in [2.45, 2.75) is 46.2 Å². The SMILES string of the molecule is CCCNC(=O)CCNC(C)c1cnn(CC)c1. The van der Waals surface area contributed by atoms with Crippen LogP contribution in [-0.2, 0) is 11.3 Å². The Balaban J connectivity index is 2.24. The van der Waals surface area contributed by atoms with Crippen molar-refractivity contribution in [1.82, 2.24) is 20.4 Å². The van der Waals surface area contributed by atoms with E-state index in [-0.39, 0.29) is 11.9 Å². The monoisotopic (exact) mass is 252 g/mol. The molecule has 1 heterocycles. The second-order valence-electron chi connectivity index (χ2n) is 4.41. The molecule has 102 valence electrons. The number of hydrogen-bond donors (Lipinski definition) is 2. The summed E-state index contributed by atoms with van der Waals surface area (Å²) >= 11 is 0. The minimum Gasteiger partial charge on any atom is -0.356 e. The van der Waals surface area contributed by atoms with Crippen molar-refractivity contribution in [1.29, 1.82) is 0 Å². The highest BCUT2D eigenvalue weighted by molar-refractivity contribution is 5.75. The molecule has 0 bridgehead atoms. The van der Waals surface area contributed by atoms with Crippen LogP contribution in [0.2, 0.25) is 0 Å². The molecular weight excluding hydrogens is 228 g/mol. The van der Waals surface area contributed by atoms with Crippen LogP contribution >= 0.6 is 0 Å². The number of aryl methyl sites for hydroxylation is 1. The van der Waals surface area contributed by atoms with Gasteiger partial charge in [0.1, 0.15) is 0 Å². The summed E-state index contributed by atoms with van der Waals surface area (Å²) in [4.78, 5) is 11.4. The predicted octanol–water partition coefficient (Wildman–Crippen LogP) is 1.47. The summed E-state index contributed by atoms with van der Waals surface area (Å²) in [5, 5.41) is 10.4. The highest BCUT2D eigenvalue weighted by atomic mass is 16.1. The molecule has 1 rings (SSSR count). The van der Waals surface area contributed by atoms with E-state index < -0.39 is 0 Å². The van der Waals surface area contributed by atoms with Crippen LogP contribution in [0.3, 0.4) is 0 Å². The third kappa shape index (κ3) is 4.87. The molecule has 1 amide bonds. The fraction of sp³-hybridized carbons (Fsp3) is 0.692. The lowest BCUT2D eigenvalue weighted by atomic mass is 10.2. The molecule has 1 aromatic rings. The highest BCUT2D eigenvalue weighted by Crippen LogP contribution is 2.10. The second-order valence-corrected chi connectivity index (χ2v) is 4.41. The lowest BCUT2D eigenvalue weighted by Crippen LogP contribution is -2.29. The van der Waals surface area contributed by atoms with Crippen LogP contribution in [0.4, 0.5) is 0 Å². The van der Waals surface area contributed by atoms with Crippen LogP contribution in [0.1, 0.15) is 45.2 Å². The Labute approximate surface area is 109 Å². The molecule has 2 N–H and O–H groups in total. The zero-order valence-corrected chi connectivity index (χ0v) is 11.6. The predicted molar refractivity (Wildman–Crippen MR) is 72.2 cm³/mol. The van der Waals surface area contributed by atoms with Crippen molar-refractivity contribution in [3.05, 3.63) is 18.0 Å². The molecule has 1 unspecified atom stereocenters. The maximum atomic E-state index is 11.4. The van der Waals surface area contributed by atoms with Crippen molar-refractivity contribution in [2.75, 3.05) is 13.1 Å². The number of rotatable bonds is 8. The molecule has 18 heavy (non-hydrogen) atoms. The van der Waals surface area contributed by atoms with E-state index in [0.717, 1.165) is 25.1 Å². The van der Waals surface area contributed by atoms with E-state index in [9.17, 15) is 4.79 Å². The van der Waals surface area contributed by atoms with E-state index in [4.69, 9.17) is 0 Å². The largest absolute Gasteiger partial charge is 0.356 e. The number of hydrogen-bond acceptors (Lipinski definition) is 3. The van der Waals surface area contributed by atoms with Gasteiger partial charge in [-0.05, 0) is 20.3 Å². The van der Waals surface area contributed by atoms with Gasteiger partial charge in [-0.25, -0.2) is 0 Å². The first-order valence-electron chi connectivity index (χ1n) is 6.69. The topological polar surface area (TPSA) is 59.0 Å². The van der Waals surface area contributed by atoms with E-state index in [1.165, 1.54) is 0 Å². The van der Waals surface area contributed by atoms with E-state index in [0.29, 0.717) is 13.0 Å². The maximum absolute atomic E-state index is 11.4. The number of nitrogens with one attached hydrogen (secondary N) is 2. The normalized spacial score (nSPS) is 12.4. The van der Waals surface area contributed by atoms with Crippen LogP contribution in [0.5, 0.6) is 0 Å². The number of aromatic nitrogens is 2. The standard InChI is InChI=1S/C13H24N4O/c1-4-7-15-13(18)6-8-14-11(3)12-9-16-17(5-2)10-12/h9-11,14H,4-8H2,1-3H3,(H,15,18). The average Bonchev–Trinajstić information content (AvgIpc) is 2.85. The Hall–Kier alpha value is -1.36. The van der Waals surface area contributed by atoms with Crippen LogP contribution < -0.4 is 10.6 Å². The average molecular weight is 252 g/mol. The Morgan fingerprint density at radius 3 is 2.83 bits per heavy atom. The van der Waals surface area contributed by atoms with Gasteiger partial charge >= 0.3 is 0 Å². The van der Waals surface area contributed by atoms with Crippen LogP contribution in [-0.4, -0.2) is 28.8 Å². The van der Waals surface area contributed by atoms with Crippen molar-refractivity contribution in [3.63, 3.8) is 0 Å². The zero-order chi connectivity index (χ0) is 13.4. The molecule has 0 saturated heterocycles. The molecule has 0 fully saturated rings. The first-order chi connectivity index (χ1) is 8.67. The fourth-order valence-corrected chi connectivity index (χ4v) is 1.65. The summed E-state index contributed by atoms with van der Waals surface area (Å²) in [6.45, 7) is 8.53. The third-order valence-electron chi connectivity index (χ3n) is 2.85. The molecule has 0 aliphatic rings. The first-order valence-corrected chi connectivity index (χ1v) is 6.69. The fourth-order valence-electron chi connectivity index (χ4n) is 1.65. The number of amides is 1. The van der Waals surface area contributed by atoms with Gasteiger partial charge in [-0.2, -0.15) is 5.10 Å². The summed E-state index contributed by atoms with van der Waals surface area (Å²) in [5.41, 5.74) is 1.16. The van der Waals surface area contributed by atoms with Crippen molar-refractivity contribution in [2.24, 2.45) is 0 Å². The summed E-state index contributed by atoms with van der Waals surface area (Å²) in [6.07, 6.45) is 5.41. The first kappa shape index (κ1) is 14.7. The molecule has 0 aromatic carbocycles. The summed E-state index contributed by atoms with van der Waals surface area (Å²) in [7, 11) is 0. The zero-order valence-electron chi connectivity index (χ0n) is 11.6. The van der Waals surface area contributed by atoms with Crippen LogP contribution in [0.25, 0.3) is 0 Å². The van der Waals surface area contributed by atoms with E-state index in [1.807, 2.05) is 24.0 Å². The van der Waals surface area contributed by atoms with Gasteiger partial charge < -0.3 is 10.6 Å². The molecule has 1 atom stereocenters. The van der Waals surface area contributed by atoms with E-state index in [1.54, 1.807) is 0 Å². The quantitative estimate of drug-likeness (QED) is 0.736. The second kappa shape index (κ2) is 7.87. The van der Waals surface area contributed by atoms with E-state index in [2.05, 4.69) is 29.6 Å². The summed E-state index contributed by atoms with van der Waals surface area (Å²) < 4.78 is 1.90. The van der Waals surface area contributed by atoms with Crippen LogP contribution in [0, 0.1) is 0 Å². The smallest absolute Gasteiger partial charge is 0.221 e. The summed E-state index contributed by atoms with van der Waals surface area (Å²) in [6, 6.07) is 0.226. The van der Waals surface area contributed by atoms with Crippen molar-refractivity contribution < 1.29 is 4.79 Å². The van der Waals surface area contributed by atoms with Gasteiger partial charge in [0.2, 0.25) is 5.91 Å². The molecule has 0 aliphatic carbocycles. The molecule has 1 aromatic heterocycles. The Bertz CT molecular complexity index is 362. The maximum Gasteiger partial charge on any atom is 0.221 e. The molecule has 0 spiro atoms. The minimum absolute atomic E-state index is 0.112. The summed E-state index contributed by atoms with van der Waals surface area (Å²) in [5.74, 6) is 0.112. The molecule has 5 heteroatoms. The lowest BCUT2D eigenvalue weighted by molar-refractivity contribution is -0.121. The molecule has 0 saturated carbocycles. The molecular formula is C13H24N4O. The van der Waals surface area contributed by atoms with Gasteiger partial charge in [0.25, 0.3) is 0 Å². The van der Waals surface area contributed by atoms with Gasteiger partial charge in [0.05, 0.1) is 6.20 Å². The lowest BCUT2D eigenvalue weighted by Gasteiger charge is -2.11. The van der Waals surface area contributed by atoms with Gasteiger partial charge in [0, 0.05) is 43.9 Å². The molecule has 0 aliphatic heterocycles. The van der Waals surface area contributed by atoms with Crippen LogP contribution in [0.15, 0.2) is 12.4 Å². The Morgan fingerprint density at radius 1 is 1.44 bits per heavy atom. The third-order valence-corrected chi connectivity index (χ3v) is 2.85. The molecule has 0 radical (unpaired) electrons. The van der Waals surface area contributed by atoms with Crippen molar-refractivity contribution in [3.8, 4) is 0 Å². The number of carbonyl (C=O) groups is 1. The Morgan fingerprint density at radius 2 is 2.22 bits per heavy atom. The minimum atomic E-state index is 0.112. The van der Waals surface area contributed by atoms with Gasteiger partial charge in [-0.1, -0.05) is 6.92 Å². The van der Waals surface area contributed by atoms with Crippen molar-refractivity contribution >= 4 is 5.91 Å².